The average Bonchev–Trinajstić information content (AvgIpc) is 3.19. The summed E-state index contributed by atoms with van der Waals surface area (Å²) in [6.07, 6.45) is 46.8. The van der Waals surface area contributed by atoms with E-state index in [1.807, 2.05) is 0 Å². The van der Waals surface area contributed by atoms with Crippen LogP contribution in [0, 0.1) is 5.92 Å². The van der Waals surface area contributed by atoms with Gasteiger partial charge < -0.3 is 14.2 Å². The Balaban J connectivity index is 4.20. The lowest BCUT2D eigenvalue weighted by Crippen LogP contribution is -2.30. The molecule has 6 nitrogen and oxygen atoms in total. The number of carbonyl (C=O) groups excluding carboxylic acids is 3. The van der Waals surface area contributed by atoms with E-state index in [2.05, 4.69) is 27.7 Å². The Hall–Kier alpha value is -1.59. The lowest BCUT2D eigenvalue weighted by molar-refractivity contribution is -0.167. The number of ether oxygens (including phenoxy) is 3. The van der Waals surface area contributed by atoms with Crippen molar-refractivity contribution in [1.29, 1.82) is 0 Å². The number of hydrogen-bond acceptors (Lipinski definition) is 6. The molecule has 0 bridgehead atoms. The lowest BCUT2D eigenvalue weighted by Gasteiger charge is -2.18. The molecular weight excluding hydrogens is 709 g/mol. The van der Waals surface area contributed by atoms with Crippen molar-refractivity contribution in [2.45, 2.75) is 291 Å². The minimum absolute atomic E-state index is 0.0639. The quantitative estimate of drug-likeness (QED) is 0.0346. The highest BCUT2D eigenvalue weighted by atomic mass is 16.6. The summed E-state index contributed by atoms with van der Waals surface area (Å²) in [6.45, 7) is 8.94. The fraction of sp³-hybridized carbons (Fsp3) is 0.941. The van der Waals surface area contributed by atoms with E-state index < -0.39 is 6.10 Å². The summed E-state index contributed by atoms with van der Waals surface area (Å²) < 4.78 is 16.7. The Morgan fingerprint density at radius 1 is 0.333 bits per heavy atom. The number of rotatable bonds is 46. The van der Waals surface area contributed by atoms with Crippen LogP contribution in [-0.4, -0.2) is 37.2 Å². The van der Waals surface area contributed by atoms with E-state index >= 15 is 0 Å². The monoisotopic (exact) mass is 807 g/mol. The van der Waals surface area contributed by atoms with Crippen LogP contribution in [0.15, 0.2) is 0 Å². The van der Waals surface area contributed by atoms with Crippen LogP contribution in [0.3, 0.4) is 0 Å². The highest BCUT2D eigenvalue weighted by Gasteiger charge is 2.19. The second-order valence-corrected chi connectivity index (χ2v) is 17.9. The normalized spacial score (nSPS) is 11.9. The number of carbonyl (C=O) groups is 3. The van der Waals surface area contributed by atoms with Gasteiger partial charge in [-0.15, -0.1) is 0 Å². The lowest BCUT2D eigenvalue weighted by atomic mass is 10.0. The fourth-order valence-electron chi connectivity index (χ4n) is 7.69. The maximum atomic E-state index is 12.7. The van der Waals surface area contributed by atoms with Crippen molar-refractivity contribution in [2.24, 2.45) is 5.92 Å². The zero-order valence-electron chi connectivity index (χ0n) is 38.8. The molecule has 0 rings (SSSR count). The van der Waals surface area contributed by atoms with Gasteiger partial charge >= 0.3 is 17.9 Å². The molecule has 0 aromatic rings. The summed E-state index contributed by atoms with van der Waals surface area (Å²) in [6, 6.07) is 0. The highest BCUT2D eigenvalue weighted by Crippen LogP contribution is 2.17. The first kappa shape index (κ1) is 55.4. The number of unbranched alkanes of at least 4 members (excludes halogenated alkanes) is 33. The SMILES string of the molecule is CCCCCCCCCCCCCCCCCCCCCC(=O)OC[C@H](COC(=O)CCCCCCCCC(C)C)OC(=O)CCCCCCCCCCCCC. The van der Waals surface area contributed by atoms with E-state index in [1.54, 1.807) is 0 Å². The van der Waals surface area contributed by atoms with Crippen LogP contribution in [0.4, 0.5) is 0 Å². The van der Waals surface area contributed by atoms with Gasteiger partial charge in [0.25, 0.3) is 0 Å². The van der Waals surface area contributed by atoms with Crippen molar-refractivity contribution in [3.05, 3.63) is 0 Å². The molecule has 0 aliphatic heterocycles. The van der Waals surface area contributed by atoms with E-state index in [9.17, 15) is 14.4 Å². The largest absolute Gasteiger partial charge is 0.462 e. The van der Waals surface area contributed by atoms with Gasteiger partial charge in [-0.05, 0) is 25.2 Å². The second kappa shape index (κ2) is 45.5. The Labute approximate surface area is 355 Å². The van der Waals surface area contributed by atoms with Crippen molar-refractivity contribution in [3.8, 4) is 0 Å². The van der Waals surface area contributed by atoms with Crippen molar-refractivity contribution >= 4 is 17.9 Å². The van der Waals surface area contributed by atoms with Gasteiger partial charge in [-0.3, -0.25) is 14.4 Å². The molecule has 0 aliphatic rings. The third-order valence-corrected chi connectivity index (χ3v) is 11.5. The molecule has 0 unspecified atom stereocenters. The van der Waals surface area contributed by atoms with Gasteiger partial charge in [0.15, 0.2) is 6.10 Å². The van der Waals surface area contributed by atoms with Crippen LogP contribution >= 0.6 is 0 Å². The molecule has 0 amide bonds. The molecule has 0 aromatic carbocycles. The topological polar surface area (TPSA) is 78.9 Å². The molecule has 6 heteroatoms. The standard InChI is InChI=1S/C51H98O6/c1-5-7-9-11-13-15-17-18-19-20-21-22-23-24-26-27-29-34-38-42-49(52)55-45-48(46-56-50(53)43-39-35-32-31-33-37-41-47(3)4)57-51(54)44-40-36-30-28-25-16-14-12-10-8-6-2/h47-48H,5-46H2,1-4H3/t48-/m1/s1. The molecule has 57 heavy (non-hydrogen) atoms. The van der Waals surface area contributed by atoms with Gasteiger partial charge in [0, 0.05) is 19.3 Å². The zero-order valence-corrected chi connectivity index (χ0v) is 38.8. The first-order chi connectivity index (χ1) is 27.9. The maximum Gasteiger partial charge on any atom is 0.306 e. The number of hydrogen-bond donors (Lipinski definition) is 0. The molecule has 1 atom stereocenters. The van der Waals surface area contributed by atoms with Crippen LogP contribution in [0.2, 0.25) is 0 Å². The summed E-state index contributed by atoms with van der Waals surface area (Å²) in [4.78, 5) is 37.8. The molecule has 0 aromatic heterocycles. The smallest absolute Gasteiger partial charge is 0.306 e. The third-order valence-electron chi connectivity index (χ3n) is 11.5. The van der Waals surface area contributed by atoms with Crippen molar-refractivity contribution < 1.29 is 28.6 Å². The number of esters is 3. The van der Waals surface area contributed by atoms with Crippen LogP contribution in [0.5, 0.6) is 0 Å². The molecule has 0 spiro atoms. The minimum Gasteiger partial charge on any atom is -0.462 e. The van der Waals surface area contributed by atoms with E-state index in [0.29, 0.717) is 19.3 Å². The van der Waals surface area contributed by atoms with Crippen LogP contribution < -0.4 is 0 Å². The summed E-state index contributed by atoms with van der Waals surface area (Å²) in [5, 5.41) is 0. The van der Waals surface area contributed by atoms with Gasteiger partial charge in [-0.2, -0.15) is 0 Å². The van der Waals surface area contributed by atoms with Gasteiger partial charge in [-0.25, -0.2) is 0 Å². The van der Waals surface area contributed by atoms with Gasteiger partial charge in [0.2, 0.25) is 0 Å². The Kier molecular flexibility index (Phi) is 44.2. The Bertz CT molecular complexity index is 857. The second-order valence-electron chi connectivity index (χ2n) is 17.9. The highest BCUT2D eigenvalue weighted by molar-refractivity contribution is 5.71. The van der Waals surface area contributed by atoms with E-state index in [4.69, 9.17) is 14.2 Å². The van der Waals surface area contributed by atoms with E-state index in [-0.39, 0.29) is 31.1 Å². The molecule has 0 saturated heterocycles. The first-order valence-electron chi connectivity index (χ1n) is 25.4. The first-order valence-corrected chi connectivity index (χ1v) is 25.4. The van der Waals surface area contributed by atoms with Crippen LogP contribution in [0.1, 0.15) is 285 Å². The average molecular weight is 807 g/mol. The minimum atomic E-state index is -0.760. The van der Waals surface area contributed by atoms with Crippen molar-refractivity contribution in [1.82, 2.24) is 0 Å². The summed E-state index contributed by atoms with van der Waals surface area (Å²) in [7, 11) is 0. The van der Waals surface area contributed by atoms with E-state index in [1.165, 1.54) is 180 Å². The Morgan fingerprint density at radius 2 is 0.579 bits per heavy atom. The third kappa shape index (κ3) is 45.3. The van der Waals surface area contributed by atoms with Gasteiger partial charge in [0.1, 0.15) is 13.2 Å². The molecule has 0 aliphatic carbocycles. The maximum absolute atomic E-state index is 12.7. The summed E-state index contributed by atoms with van der Waals surface area (Å²) in [5.41, 5.74) is 0. The molecule has 0 heterocycles. The Morgan fingerprint density at radius 3 is 0.860 bits per heavy atom. The van der Waals surface area contributed by atoms with E-state index in [0.717, 1.165) is 63.7 Å². The predicted molar refractivity (Wildman–Crippen MR) is 243 cm³/mol. The fourth-order valence-corrected chi connectivity index (χ4v) is 7.69. The summed E-state index contributed by atoms with van der Waals surface area (Å²) in [5.74, 6) is -0.0896. The van der Waals surface area contributed by atoms with Gasteiger partial charge in [-0.1, -0.05) is 246 Å². The predicted octanol–water partition coefficient (Wildman–Crippen LogP) is 16.3. The van der Waals surface area contributed by atoms with Crippen molar-refractivity contribution in [2.75, 3.05) is 13.2 Å². The van der Waals surface area contributed by atoms with Gasteiger partial charge in [0.05, 0.1) is 0 Å². The molecule has 338 valence electrons. The molecule has 0 fully saturated rings. The molecule has 0 radical (unpaired) electrons. The van der Waals surface area contributed by atoms with Crippen LogP contribution in [-0.2, 0) is 28.6 Å². The molecular formula is C51H98O6. The van der Waals surface area contributed by atoms with Crippen molar-refractivity contribution in [3.63, 3.8) is 0 Å². The zero-order chi connectivity index (χ0) is 41.7. The van der Waals surface area contributed by atoms with Crippen LogP contribution in [0.25, 0.3) is 0 Å². The molecule has 0 saturated carbocycles. The molecule has 0 N–H and O–H groups in total. The summed E-state index contributed by atoms with van der Waals surface area (Å²) >= 11 is 0.